The van der Waals surface area contributed by atoms with E-state index < -0.39 is 0 Å². The summed E-state index contributed by atoms with van der Waals surface area (Å²) in [6.07, 6.45) is 1.24. The van der Waals surface area contributed by atoms with E-state index in [4.69, 9.17) is 4.42 Å². The van der Waals surface area contributed by atoms with Crippen molar-refractivity contribution in [2.45, 2.75) is 32.7 Å². The third-order valence-electron chi connectivity index (χ3n) is 4.39. The van der Waals surface area contributed by atoms with E-state index in [0.29, 0.717) is 24.3 Å². The molecule has 1 heterocycles. The predicted octanol–water partition coefficient (Wildman–Crippen LogP) is 3.38. The lowest BCUT2D eigenvalue weighted by Crippen LogP contribution is -2.38. The Kier molecular flexibility index (Phi) is 6.65. The monoisotopic (exact) mass is 440 g/mol. The molecule has 2 atom stereocenters. The number of hydrogen-bond acceptors (Lipinski definition) is 3. The van der Waals surface area contributed by atoms with Crippen molar-refractivity contribution in [3.63, 3.8) is 0 Å². The maximum absolute atomic E-state index is 5.57. The van der Waals surface area contributed by atoms with Crippen molar-refractivity contribution in [2.24, 2.45) is 10.9 Å². The van der Waals surface area contributed by atoms with Crippen LogP contribution in [-0.2, 0) is 6.54 Å². The molecular formula is C18H25IN4O. The van der Waals surface area contributed by atoms with Crippen LogP contribution in [0.25, 0.3) is 0 Å². The fourth-order valence-corrected chi connectivity index (χ4v) is 2.80. The lowest BCUT2D eigenvalue weighted by atomic mass is 10.1. The molecule has 1 aliphatic rings. The van der Waals surface area contributed by atoms with E-state index in [-0.39, 0.29) is 24.0 Å². The van der Waals surface area contributed by atoms with Crippen LogP contribution in [0.2, 0.25) is 0 Å². The van der Waals surface area contributed by atoms with Crippen molar-refractivity contribution < 1.29 is 4.42 Å². The fraction of sp³-hybridized carbons (Fsp3) is 0.444. The Morgan fingerprint density at radius 3 is 2.62 bits per heavy atom. The molecule has 130 valence electrons. The Morgan fingerprint density at radius 2 is 2.00 bits per heavy atom. The summed E-state index contributed by atoms with van der Waals surface area (Å²) in [5.41, 5.74) is 2.38. The number of aliphatic imine (C=N–C) groups is 1. The minimum Gasteiger partial charge on any atom is -0.444 e. The van der Waals surface area contributed by atoms with Gasteiger partial charge in [0.05, 0.1) is 12.2 Å². The van der Waals surface area contributed by atoms with Crippen molar-refractivity contribution in [3.8, 4) is 0 Å². The van der Waals surface area contributed by atoms with E-state index in [1.54, 1.807) is 7.05 Å². The second-order valence-corrected chi connectivity index (χ2v) is 6.07. The summed E-state index contributed by atoms with van der Waals surface area (Å²) in [5, 5.41) is 6.64. The van der Waals surface area contributed by atoms with Crippen LogP contribution in [0.4, 0.5) is 0 Å². The summed E-state index contributed by atoms with van der Waals surface area (Å²) < 4.78 is 5.57. The van der Waals surface area contributed by atoms with E-state index >= 15 is 0 Å². The largest absolute Gasteiger partial charge is 0.444 e. The van der Waals surface area contributed by atoms with Gasteiger partial charge in [-0.1, -0.05) is 30.3 Å². The second-order valence-electron chi connectivity index (χ2n) is 6.07. The van der Waals surface area contributed by atoms with Crippen molar-refractivity contribution in [2.75, 3.05) is 13.6 Å². The Bertz CT molecular complexity index is 664. The molecule has 5 nitrogen and oxygen atoms in total. The number of benzene rings is 1. The van der Waals surface area contributed by atoms with Gasteiger partial charge in [0.25, 0.3) is 0 Å². The number of guanidine groups is 1. The van der Waals surface area contributed by atoms with Gasteiger partial charge in [-0.15, -0.1) is 24.0 Å². The van der Waals surface area contributed by atoms with Crippen molar-refractivity contribution in [1.82, 2.24) is 15.6 Å². The molecule has 2 aromatic rings. The molecule has 24 heavy (non-hydrogen) atoms. The maximum atomic E-state index is 5.57. The molecule has 0 saturated heterocycles. The molecule has 1 aliphatic carbocycles. The quantitative estimate of drug-likeness (QED) is 0.425. The Balaban J connectivity index is 0.00000208. The lowest BCUT2D eigenvalue weighted by Gasteiger charge is -2.10. The maximum Gasteiger partial charge on any atom is 0.214 e. The summed E-state index contributed by atoms with van der Waals surface area (Å²) >= 11 is 0. The van der Waals surface area contributed by atoms with Crippen LogP contribution in [0.15, 0.2) is 39.7 Å². The first-order chi connectivity index (χ1) is 11.2. The molecule has 1 aromatic carbocycles. The van der Waals surface area contributed by atoms with Crippen LogP contribution < -0.4 is 10.6 Å². The first-order valence-corrected chi connectivity index (χ1v) is 8.09. The van der Waals surface area contributed by atoms with E-state index in [9.17, 15) is 0 Å². The lowest BCUT2D eigenvalue weighted by molar-refractivity contribution is 0.463. The highest BCUT2D eigenvalue weighted by molar-refractivity contribution is 14.0. The number of hydrogen-bond donors (Lipinski definition) is 2. The van der Waals surface area contributed by atoms with E-state index in [1.165, 1.54) is 12.0 Å². The van der Waals surface area contributed by atoms with Gasteiger partial charge in [-0.3, -0.25) is 4.99 Å². The molecular weight excluding hydrogens is 415 g/mol. The van der Waals surface area contributed by atoms with Gasteiger partial charge in [0.2, 0.25) is 5.89 Å². The van der Waals surface area contributed by atoms with Gasteiger partial charge in [0.15, 0.2) is 5.96 Å². The number of rotatable bonds is 5. The molecule has 1 fully saturated rings. The van der Waals surface area contributed by atoms with Gasteiger partial charge in [0, 0.05) is 13.6 Å². The van der Waals surface area contributed by atoms with E-state index in [2.05, 4.69) is 50.9 Å². The van der Waals surface area contributed by atoms with Gasteiger partial charge in [0.1, 0.15) is 5.76 Å². The van der Waals surface area contributed by atoms with Crippen LogP contribution in [0.3, 0.4) is 0 Å². The number of aromatic nitrogens is 1. The Labute approximate surface area is 160 Å². The number of halogens is 1. The van der Waals surface area contributed by atoms with E-state index in [0.717, 1.165) is 24.0 Å². The third kappa shape index (κ3) is 4.72. The molecule has 0 spiro atoms. The highest BCUT2D eigenvalue weighted by Crippen LogP contribution is 2.46. The minimum absolute atomic E-state index is 0. The zero-order valence-corrected chi connectivity index (χ0v) is 16.7. The third-order valence-corrected chi connectivity index (χ3v) is 4.39. The number of aryl methyl sites for hydroxylation is 2. The number of nitrogens with one attached hydrogen (secondary N) is 2. The highest BCUT2D eigenvalue weighted by Gasteiger charge is 2.37. The number of oxazole rings is 1. The van der Waals surface area contributed by atoms with Gasteiger partial charge in [-0.05, 0) is 37.7 Å². The first-order valence-electron chi connectivity index (χ1n) is 8.09. The van der Waals surface area contributed by atoms with Crippen LogP contribution in [-0.4, -0.2) is 24.5 Å². The summed E-state index contributed by atoms with van der Waals surface area (Å²) in [7, 11) is 1.78. The fourth-order valence-electron chi connectivity index (χ4n) is 2.80. The summed E-state index contributed by atoms with van der Waals surface area (Å²) in [5.74, 6) is 3.71. The molecule has 6 heteroatoms. The normalized spacial score (nSPS) is 19.5. The molecule has 2 N–H and O–H groups in total. The zero-order chi connectivity index (χ0) is 16.2. The van der Waals surface area contributed by atoms with Crippen molar-refractivity contribution in [1.29, 1.82) is 0 Å². The van der Waals surface area contributed by atoms with Crippen LogP contribution in [0.5, 0.6) is 0 Å². The molecule has 0 amide bonds. The smallest absolute Gasteiger partial charge is 0.214 e. The molecule has 0 radical (unpaired) electrons. The molecule has 1 saturated carbocycles. The van der Waals surface area contributed by atoms with Gasteiger partial charge in [-0.2, -0.15) is 0 Å². The molecule has 0 bridgehead atoms. The summed E-state index contributed by atoms with van der Waals surface area (Å²) in [6.45, 7) is 5.35. The zero-order valence-electron chi connectivity index (χ0n) is 14.4. The molecule has 1 aromatic heterocycles. The van der Waals surface area contributed by atoms with Crippen LogP contribution >= 0.6 is 24.0 Å². The van der Waals surface area contributed by atoms with Gasteiger partial charge < -0.3 is 15.1 Å². The summed E-state index contributed by atoms with van der Waals surface area (Å²) in [6, 6.07) is 10.7. The van der Waals surface area contributed by atoms with Crippen LogP contribution in [0, 0.1) is 19.8 Å². The van der Waals surface area contributed by atoms with Crippen molar-refractivity contribution >= 4 is 29.9 Å². The average Bonchev–Trinajstić information content (AvgIpc) is 3.28. The average molecular weight is 440 g/mol. The van der Waals surface area contributed by atoms with Gasteiger partial charge in [-0.25, -0.2) is 4.98 Å². The molecule has 0 aliphatic heterocycles. The molecule has 3 rings (SSSR count). The standard InChI is InChI=1S/C18H24N4O.HI/c1-12-13(2)23-17(22-12)11-21-18(19-3)20-10-15-9-16(15)14-7-5-4-6-8-14;/h4-8,15-16H,9-11H2,1-3H3,(H2,19,20,21);1H. The number of nitrogens with zero attached hydrogens (tertiary/aromatic N) is 2. The Morgan fingerprint density at radius 1 is 1.25 bits per heavy atom. The van der Waals surface area contributed by atoms with Crippen LogP contribution in [0.1, 0.15) is 35.2 Å². The predicted molar refractivity (Wildman–Crippen MR) is 107 cm³/mol. The topological polar surface area (TPSA) is 62.5 Å². The second kappa shape index (κ2) is 8.50. The summed E-state index contributed by atoms with van der Waals surface area (Å²) in [4.78, 5) is 8.62. The highest BCUT2D eigenvalue weighted by atomic mass is 127. The van der Waals surface area contributed by atoms with Gasteiger partial charge >= 0.3 is 0 Å². The SMILES string of the molecule is CN=C(NCc1nc(C)c(C)o1)NCC1CC1c1ccccc1.I. The van der Waals surface area contributed by atoms with Crippen molar-refractivity contribution in [3.05, 3.63) is 53.2 Å². The minimum atomic E-state index is 0. The molecule has 2 unspecified atom stereocenters. The first kappa shape index (κ1) is 18.8. The van der Waals surface area contributed by atoms with E-state index in [1.807, 2.05) is 13.8 Å². The Hall–Kier alpha value is -1.57.